The highest BCUT2D eigenvalue weighted by Crippen LogP contribution is 2.42. The third-order valence-corrected chi connectivity index (χ3v) is 6.14. The number of quaternary nitrogens is 1. The second kappa shape index (κ2) is 8.20. The number of fused-ring (bicyclic) bond motifs is 1. The quantitative estimate of drug-likeness (QED) is 0.241. The Morgan fingerprint density at radius 3 is 2.16 bits per heavy atom. The summed E-state index contributed by atoms with van der Waals surface area (Å²) in [5.41, 5.74) is -0.195. The van der Waals surface area contributed by atoms with Gasteiger partial charge in [0.25, 0.3) is 20.2 Å². The van der Waals surface area contributed by atoms with Gasteiger partial charge in [-0.05, 0) is 35.7 Å². The van der Waals surface area contributed by atoms with Crippen LogP contribution >= 0.6 is 0 Å². The smallest absolute Gasteiger partial charge is 0.296 e. The van der Waals surface area contributed by atoms with Crippen LogP contribution in [0.1, 0.15) is 0 Å². The van der Waals surface area contributed by atoms with E-state index in [1.165, 1.54) is 25.3 Å². The minimum absolute atomic E-state index is 0.113. The van der Waals surface area contributed by atoms with Crippen LogP contribution in [-0.4, -0.2) is 45.2 Å². The SMILES string of the molecule is C[NH2+]c1ccc2c(O)c(N=Nc3ccc(OC)cc3S(=O)(=O)O)c(S(=O)(=O)O)cc2c1. The monoisotopic (exact) mass is 468 g/mol. The lowest BCUT2D eigenvalue weighted by atomic mass is 10.1. The fraction of sp³-hybridized carbons (Fsp3) is 0.111. The van der Waals surface area contributed by atoms with E-state index in [0.29, 0.717) is 5.39 Å². The summed E-state index contributed by atoms with van der Waals surface area (Å²) >= 11 is 0. The molecule has 0 aliphatic heterocycles. The number of phenolic OH excluding ortho intramolecular Hbond substituents is 1. The van der Waals surface area contributed by atoms with Crippen LogP contribution in [0.15, 0.2) is 62.5 Å². The fourth-order valence-electron chi connectivity index (χ4n) is 2.86. The fourth-order valence-corrected chi connectivity index (χ4v) is 4.15. The van der Waals surface area contributed by atoms with Gasteiger partial charge in [-0.15, -0.1) is 10.2 Å². The summed E-state index contributed by atoms with van der Waals surface area (Å²) in [4.78, 5) is -1.37. The Morgan fingerprint density at radius 1 is 0.903 bits per heavy atom. The van der Waals surface area contributed by atoms with E-state index in [9.17, 15) is 31.0 Å². The van der Waals surface area contributed by atoms with E-state index >= 15 is 0 Å². The maximum absolute atomic E-state index is 11.9. The van der Waals surface area contributed by atoms with Gasteiger partial charge in [0.15, 0.2) is 5.75 Å². The maximum atomic E-state index is 11.9. The Kier molecular flexibility index (Phi) is 5.98. The van der Waals surface area contributed by atoms with Crippen LogP contribution in [0.25, 0.3) is 10.8 Å². The number of methoxy groups -OCH3 is 1. The first-order valence-electron chi connectivity index (χ1n) is 8.59. The molecule has 3 rings (SSSR count). The Hall–Kier alpha value is -3.10. The van der Waals surface area contributed by atoms with E-state index in [4.69, 9.17) is 4.74 Å². The summed E-state index contributed by atoms with van der Waals surface area (Å²) in [5.74, 6) is -0.472. The van der Waals surface area contributed by atoms with Gasteiger partial charge in [-0.2, -0.15) is 16.8 Å². The van der Waals surface area contributed by atoms with Crippen LogP contribution in [0, 0.1) is 0 Å². The van der Waals surface area contributed by atoms with E-state index in [-0.39, 0.29) is 16.8 Å². The second-order valence-corrected chi connectivity index (χ2v) is 9.10. The summed E-state index contributed by atoms with van der Waals surface area (Å²) in [6, 6.07) is 9.43. The maximum Gasteiger partial charge on any atom is 0.296 e. The van der Waals surface area contributed by atoms with E-state index in [0.717, 1.165) is 17.8 Å². The predicted molar refractivity (Wildman–Crippen MR) is 110 cm³/mol. The van der Waals surface area contributed by atoms with Crippen molar-refractivity contribution < 1.29 is 41.1 Å². The van der Waals surface area contributed by atoms with Gasteiger partial charge < -0.3 is 15.2 Å². The Bertz CT molecular complexity index is 1420. The van der Waals surface area contributed by atoms with Gasteiger partial charge in [-0.1, -0.05) is 0 Å². The number of benzene rings is 3. The molecule has 0 amide bonds. The average molecular weight is 468 g/mol. The molecule has 0 saturated carbocycles. The first-order valence-corrected chi connectivity index (χ1v) is 11.5. The molecule has 0 unspecified atom stereocenters. The lowest BCUT2D eigenvalue weighted by Gasteiger charge is -2.09. The van der Waals surface area contributed by atoms with E-state index < -0.39 is 41.5 Å². The zero-order valence-corrected chi connectivity index (χ0v) is 17.8. The van der Waals surface area contributed by atoms with Crippen LogP contribution in [0.5, 0.6) is 11.5 Å². The number of nitrogens with two attached hydrogens (primary N) is 1. The van der Waals surface area contributed by atoms with Gasteiger partial charge in [-0.3, -0.25) is 9.11 Å². The predicted octanol–water partition coefficient (Wildman–Crippen LogP) is 2.29. The molecule has 0 aliphatic carbocycles. The highest BCUT2D eigenvalue weighted by atomic mass is 32.2. The molecule has 0 aliphatic rings. The van der Waals surface area contributed by atoms with Gasteiger partial charge in [0, 0.05) is 17.5 Å². The molecule has 3 aromatic rings. The number of ether oxygens (including phenoxy) is 1. The minimum atomic E-state index is -4.83. The van der Waals surface area contributed by atoms with Crippen LogP contribution < -0.4 is 10.1 Å². The van der Waals surface area contributed by atoms with Gasteiger partial charge in [0.05, 0.1) is 14.2 Å². The van der Waals surface area contributed by atoms with Crippen LogP contribution in [0.3, 0.4) is 0 Å². The molecule has 11 nitrogen and oxygen atoms in total. The molecule has 0 saturated heterocycles. The molecule has 0 bridgehead atoms. The summed E-state index contributed by atoms with van der Waals surface area (Å²) in [7, 11) is -6.50. The highest BCUT2D eigenvalue weighted by Gasteiger charge is 2.23. The molecule has 31 heavy (non-hydrogen) atoms. The van der Waals surface area contributed by atoms with Crippen molar-refractivity contribution in [1.82, 2.24) is 0 Å². The number of phenols is 1. The summed E-state index contributed by atoms with van der Waals surface area (Å²) in [5, 5.41) is 20.3. The second-order valence-electron chi connectivity index (χ2n) is 6.32. The molecule has 0 spiro atoms. The van der Waals surface area contributed by atoms with Crippen LogP contribution in [-0.2, 0) is 20.2 Å². The Morgan fingerprint density at radius 2 is 1.58 bits per heavy atom. The molecule has 0 atom stereocenters. The molecule has 0 aromatic heterocycles. The summed E-state index contributed by atoms with van der Waals surface area (Å²) in [6.07, 6.45) is 0. The molecule has 0 radical (unpaired) electrons. The lowest BCUT2D eigenvalue weighted by Crippen LogP contribution is -2.72. The number of rotatable bonds is 6. The largest absolute Gasteiger partial charge is 0.505 e. The minimum Gasteiger partial charge on any atom is -0.505 e. The third-order valence-electron chi connectivity index (χ3n) is 4.39. The molecule has 0 heterocycles. The van der Waals surface area contributed by atoms with E-state index in [1.807, 2.05) is 0 Å². The Labute approximate surface area is 177 Å². The molecule has 5 N–H and O–H groups in total. The highest BCUT2D eigenvalue weighted by molar-refractivity contribution is 7.86. The number of nitrogens with zero attached hydrogens (tertiary/aromatic N) is 2. The van der Waals surface area contributed by atoms with Crippen molar-refractivity contribution in [1.29, 1.82) is 0 Å². The average Bonchev–Trinajstić information content (AvgIpc) is 2.71. The van der Waals surface area contributed by atoms with Gasteiger partial charge in [0.2, 0.25) is 0 Å². The van der Waals surface area contributed by atoms with Crippen molar-refractivity contribution >= 4 is 48.1 Å². The van der Waals surface area contributed by atoms with Crippen molar-refractivity contribution in [3.63, 3.8) is 0 Å². The van der Waals surface area contributed by atoms with E-state index in [1.54, 1.807) is 24.5 Å². The molecule has 0 fully saturated rings. The van der Waals surface area contributed by atoms with E-state index in [2.05, 4.69) is 10.2 Å². The molecular formula is C18H18N3O8S2+. The number of aromatic hydroxyl groups is 1. The molecule has 3 aromatic carbocycles. The normalized spacial score (nSPS) is 12.5. The molecular weight excluding hydrogens is 450 g/mol. The standard InChI is InChI=1S/C18H17N3O8S2/c1-19-11-3-5-13-10(7-11)8-16(31(26,27)28)17(18(13)22)21-20-14-6-4-12(29-2)9-15(14)30(23,24)25/h3-9,19,22H,1-2H3,(H,23,24,25)(H,26,27,28)/p+1. The third kappa shape index (κ3) is 4.65. The van der Waals surface area contributed by atoms with Crippen molar-refractivity contribution in [2.24, 2.45) is 10.2 Å². The van der Waals surface area contributed by atoms with Crippen LogP contribution in [0.2, 0.25) is 0 Å². The van der Waals surface area contributed by atoms with Crippen molar-refractivity contribution in [3.05, 3.63) is 42.5 Å². The number of hydrogen-bond acceptors (Lipinski definition) is 8. The van der Waals surface area contributed by atoms with Crippen molar-refractivity contribution in [2.75, 3.05) is 14.2 Å². The summed E-state index contributed by atoms with van der Waals surface area (Å²) in [6.45, 7) is 0. The first-order chi connectivity index (χ1) is 14.5. The van der Waals surface area contributed by atoms with Gasteiger partial charge >= 0.3 is 0 Å². The number of azo groups is 1. The molecule has 13 heteroatoms. The number of hydrogen-bond donors (Lipinski definition) is 4. The lowest BCUT2D eigenvalue weighted by molar-refractivity contribution is -0.539. The van der Waals surface area contributed by atoms with Crippen molar-refractivity contribution in [2.45, 2.75) is 9.79 Å². The van der Waals surface area contributed by atoms with Gasteiger partial charge in [0.1, 0.15) is 32.6 Å². The van der Waals surface area contributed by atoms with Gasteiger partial charge in [-0.25, -0.2) is 0 Å². The summed E-state index contributed by atoms with van der Waals surface area (Å²) < 4.78 is 71.1. The topological polar surface area (TPSA) is 180 Å². The zero-order valence-electron chi connectivity index (χ0n) is 16.2. The van der Waals surface area contributed by atoms with Crippen molar-refractivity contribution in [3.8, 4) is 11.5 Å². The zero-order chi connectivity index (χ0) is 23.0. The molecule has 164 valence electrons. The van der Waals surface area contributed by atoms with Crippen LogP contribution in [0.4, 0.5) is 17.1 Å². The Balaban J connectivity index is 2.26. The first kappa shape index (κ1) is 22.6.